The van der Waals surface area contributed by atoms with E-state index in [-0.39, 0.29) is 38.5 Å². The fourth-order valence-corrected chi connectivity index (χ4v) is 7.96. The molecular formula is C22H21Cl2N3O6S3. The van der Waals surface area contributed by atoms with Crippen LogP contribution in [0.5, 0.6) is 0 Å². The van der Waals surface area contributed by atoms with Gasteiger partial charge in [0.15, 0.2) is 0 Å². The Morgan fingerprint density at radius 3 is 2.28 bits per heavy atom. The normalized spacial score (nSPS) is 15.0. The summed E-state index contributed by atoms with van der Waals surface area (Å²) in [6.45, 7) is 1.21. The summed E-state index contributed by atoms with van der Waals surface area (Å²) >= 11 is 12.9. The average molecular weight is 591 g/mol. The summed E-state index contributed by atoms with van der Waals surface area (Å²) in [4.78, 5) is 13.2. The molecule has 0 spiro atoms. The third-order valence-corrected chi connectivity index (χ3v) is 11.0. The van der Waals surface area contributed by atoms with E-state index in [1.165, 1.54) is 66.0 Å². The smallest absolute Gasteiger partial charge is 0.273 e. The Morgan fingerprint density at radius 1 is 1.00 bits per heavy atom. The highest BCUT2D eigenvalue weighted by Gasteiger charge is 2.28. The molecule has 1 saturated heterocycles. The van der Waals surface area contributed by atoms with Crippen LogP contribution < -0.4 is 9.62 Å². The van der Waals surface area contributed by atoms with E-state index in [4.69, 9.17) is 27.9 Å². The third-order valence-electron chi connectivity index (χ3n) is 5.43. The average Bonchev–Trinajstić information content (AvgIpc) is 3.31. The maximum atomic E-state index is 13.1. The van der Waals surface area contributed by atoms with Crippen molar-refractivity contribution in [2.75, 3.05) is 43.0 Å². The summed E-state index contributed by atoms with van der Waals surface area (Å²) in [6, 6.07) is 12.9. The maximum Gasteiger partial charge on any atom is 0.273 e. The Labute approximate surface area is 223 Å². The zero-order chi connectivity index (χ0) is 26.1. The van der Waals surface area contributed by atoms with Crippen molar-refractivity contribution in [1.29, 1.82) is 0 Å². The van der Waals surface area contributed by atoms with E-state index < -0.39 is 26.0 Å². The van der Waals surface area contributed by atoms with Crippen molar-refractivity contribution in [3.05, 3.63) is 69.5 Å². The molecule has 9 nitrogen and oxygen atoms in total. The summed E-state index contributed by atoms with van der Waals surface area (Å²) < 4.78 is 59.6. The minimum absolute atomic E-state index is 0.0150. The van der Waals surface area contributed by atoms with Crippen LogP contribution in [-0.4, -0.2) is 60.4 Å². The van der Waals surface area contributed by atoms with Gasteiger partial charge in [-0.1, -0.05) is 23.2 Å². The fourth-order valence-electron chi connectivity index (χ4n) is 3.51. The van der Waals surface area contributed by atoms with Crippen LogP contribution in [0.3, 0.4) is 0 Å². The van der Waals surface area contributed by atoms with Gasteiger partial charge in [-0.15, -0.1) is 11.3 Å². The number of thiophene rings is 1. The number of nitrogens with zero attached hydrogens (tertiary/aromatic N) is 2. The summed E-state index contributed by atoms with van der Waals surface area (Å²) in [5.74, 6) is -0.623. The van der Waals surface area contributed by atoms with Crippen molar-refractivity contribution >= 4 is 71.9 Å². The van der Waals surface area contributed by atoms with Crippen LogP contribution in [0.4, 0.5) is 11.4 Å². The lowest BCUT2D eigenvalue weighted by atomic mass is 10.1. The van der Waals surface area contributed by atoms with Gasteiger partial charge in [0.2, 0.25) is 10.0 Å². The van der Waals surface area contributed by atoms with Gasteiger partial charge in [0.05, 0.1) is 33.7 Å². The van der Waals surface area contributed by atoms with E-state index in [1.807, 2.05) is 0 Å². The number of nitrogens with one attached hydrogen (secondary N) is 1. The number of hydrogen-bond donors (Lipinski definition) is 1. The molecule has 1 aromatic heterocycles. The summed E-state index contributed by atoms with van der Waals surface area (Å²) in [6.07, 6.45) is 0. The van der Waals surface area contributed by atoms with Crippen molar-refractivity contribution in [1.82, 2.24) is 4.31 Å². The predicted molar refractivity (Wildman–Crippen MR) is 140 cm³/mol. The zero-order valence-corrected chi connectivity index (χ0v) is 22.8. The molecule has 36 heavy (non-hydrogen) atoms. The molecule has 2 aromatic carbocycles. The first-order valence-electron chi connectivity index (χ1n) is 10.5. The van der Waals surface area contributed by atoms with Gasteiger partial charge in [-0.25, -0.2) is 16.8 Å². The number of carbonyl (C=O) groups is 1. The van der Waals surface area contributed by atoms with E-state index in [2.05, 4.69) is 5.32 Å². The minimum Gasteiger partial charge on any atom is -0.379 e. The van der Waals surface area contributed by atoms with Crippen LogP contribution in [0.1, 0.15) is 10.4 Å². The topological polar surface area (TPSA) is 113 Å². The van der Waals surface area contributed by atoms with E-state index in [0.29, 0.717) is 23.2 Å². The number of rotatable bonds is 7. The number of benzene rings is 2. The van der Waals surface area contributed by atoms with E-state index in [1.54, 1.807) is 0 Å². The van der Waals surface area contributed by atoms with Gasteiger partial charge in [-0.05, 0) is 54.6 Å². The van der Waals surface area contributed by atoms with Gasteiger partial charge in [0, 0.05) is 30.8 Å². The molecule has 1 N–H and O–H groups in total. The molecule has 0 aliphatic carbocycles. The Kier molecular flexibility index (Phi) is 7.95. The van der Waals surface area contributed by atoms with Gasteiger partial charge in [-0.2, -0.15) is 4.31 Å². The van der Waals surface area contributed by atoms with Crippen molar-refractivity contribution in [2.45, 2.75) is 9.10 Å². The van der Waals surface area contributed by atoms with Crippen LogP contribution >= 0.6 is 34.5 Å². The van der Waals surface area contributed by atoms with Gasteiger partial charge < -0.3 is 10.1 Å². The lowest BCUT2D eigenvalue weighted by molar-refractivity contribution is 0.0730. The van der Waals surface area contributed by atoms with E-state index in [0.717, 1.165) is 15.6 Å². The summed E-state index contributed by atoms with van der Waals surface area (Å²) in [5, 5.41) is 2.91. The lowest BCUT2D eigenvalue weighted by Crippen LogP contribution is -2.40. The third kappa shape index (κ3) is 5.54. The minimum atomic E-state index is -3.98. The second kappa shape index (κ2) is 10.7. The highest BCUT2D eigenvalue weighted by Crippen LogP contribution is 2.33. The molecule has 0 radical (unpaired) electrons. The molecule has 0 bridgehead atoms. The predicted octanol–water partition coefficient (Wildman–Crippen LogP) is 4.15. The molecule has 1 fully saturated rings. The number of carbonyl (C=O) groups excluding carboxylic acids is 1. The van der Waals surface area contributed by atoms with Gasteiger partial charge in [-0.3, -0.25) is 9.10 Å². The first-order valence-corrected chi connectivity index (χ1v) is 15.0. The van der Waals surface area contributed by atoms with E-state index in [9.17, 15) is 21.6 Å². The molecule has 1 amide bonds. The first-order chi connectivity index (χ1) is 17.0. The number of anilines is 2. The largest absolute Gasteiger partial charge is 0.379 e. The van der Waals surface area contributed by atoms with Crippen molar-refractivity contribution in [2.24, 2.45) is 0 Å². The van der Waals surface area contributed by atoms with Crippen molar-refractivity contribution in [3.63, 3.8) is 0 Å². The standard InChI is InChI=1S/C22H21Cl2N3O6S3/c1-26(36(31,32)21-9-8-20(24)34-21)19-7-2-15(23)14-18(19)22(28)25-16-3-5-17(6-4-16)35(29,30)27-10-12-33-13-11-27/h2-9,14H,10-13H2,1H3,(H,25,28). The molecule has 4 rings (SSSR count). The molecule has 3 aromatic rings. The van der Waals surface area contributed by atoms with Crippen LogP contribution in [0.25, 0.3) is 0 Å². The summed E-state index contributed by atoms with van der Waals surface area (Å²) in [7, 11) is -6.34. The maximum absolute atomic E-state index is 13.1. The molecule has 2 heterocycles. The summed E-state index contributed by atoms with van der Waals surface area (Å²) in [5.41, 5.74) is 0.441. The number of amides is 1. The quantitative estimate of drug-likeness (QED) is 0.443. The van der Waals surface area contributed by atoms with Gasteiger partial charge >= 0.3 is 0 Å². The molecule has 1 aliphatic rings. The SMILES string of the molecule is CN(c1ccc(Cl)cc1C(=O)Nc1ccc(S(=O)(=O)N2CCOCC2)cc1)S(=O)(=O)c1ccc(Cl)s1. The van der Waals surface area contributed by atoms with Crippen LogP contribution in [0, 0.1) is 0 Å². The number of sulfonamides is 2. The Hall–Kier alpha value is -2.19. The van der Waals surface area contributed by atoms with Crippen LogP contribution in [0.15, 0.2) is 63.7 Å². The second-order valence-corrected chi connectivity index (χ2v) is 14.0. The van der Waals surface area contributed by atoms with Gasteiger partial charge in [0.1, 0.15) is 4.21 Å². The molecule has 1 aliphatic heterocycles. The molecular weight excluding hydrogens is 569 g/mol. The Balaban J connectivity index is 1.58. The van der Waals surface area contributed by atoms with E-state index >= 15 is 0 Å². The lowest BCUT2D eigenvalue weighted by Gasteiger charge is -2.26. The monoisotopic (exact) mass is 589 g/mol. The number of ether oxygens (including phenoxy) is 1. The van der Waals surface area contributed by atoms with Gasteiger partial charge in [0.25, 0.3) is 15.9 Å². The fraction of sp³-hybridized carbons (Fsp3) is 0.227. The Morgan fingerprint density at radius 2 is 1.67 bits per heavy atom. The molecule has 0 unspecified atom stereocenters. The van der Waals surface area contributed by atoms with Crippen LogP contribution in [-0.2, 0) is 24.8 Å². The molecule has 192 valence electrons. The molecule has 14 heteroatoms. The number of halogens is 2. The number of morpholine rings is 1. The van der Waals surface area contributed by atoms with Crippen LogP contribution in [0.2, 0.25) is 9.36 Å². The van der Waals surface area contributed by atoms with Crippen molar-refractivity contribution < 1.29 is 26.4 Å². The number of hydrogen-bond acceptors (Lipinski definition) is 7. The molecule has 0 saturated carbocycles. The highest BCUT2D eigenvalue weighted by atomic mass is 35.5. The van der Waals surface area contributed by atoms with Crippen molar-refractivity contribution in [3.8, 4) is 0 Å². The molecule has 0 atom stereocenters. The zero-order valence-electron chi connectivity index (χ0n) is 18.8. The Bertz CT molecular complexity index is 1490. The second-order valence-electron chi connectivity index (χ2n) is 7.69. The highest BCUT2D eigenvalue weighted by molar-refractivity contribution is 7.94. The first kappa shape index (κ1) is 26.9.